The van der Waals surface area contributed by atoms with Gasteiger partial charge in [0, 0.05) is 0 Å². The molecule has 1 aliphatic rings. The predicted octanol–water partition coefficient (Wildman–Crippen LogP) is 1.64. The Labute approximate surface area is 57.8 Å². The maximum Gasteiger partial charge on any atom is -0.00179 e. The molecule has 0 aromatic carbocycles. The average Bonchev–Trinajstić information content (AvgIpc) is 2.62. The Morgan fingerprint density at radius 1 is 1.33 bits per heavy atom. The molecule has 1 nitrogen and oxygen atoms in total. The first-order valence-electron chi connectivity index (χ1n) is 4.09. The molecule has 1 fully saturated rings. The van der Waals surface area contributed by atoms with E-state index >= 15 is 0 Å². The van der Waals surface area contributed by atoms with Gasteiger partial charge in [0.25, 0.3) is 0 Å². The molecule has 2 unspecified atom stereocenters. The van der Waals surface area contributed by atoms with E-state index in [2.05, 4.69) is 19.2 Å². The van der Waals surface area contributed by atoms with E-state index in [1.165, 1.54) is 19.4 Å². The molecule has 0 saturated heterocycles. The molecule has 1 heteroatoms. The Bertz CT molecular complexity index is 80.6. The summed E-state index contributed by atoms with van der Waals surface area (Å²) < 4.78 is 0. The van der Waals surface area contributed by atoms with Crippen molar-refractivity contribution < 1.29 is 0 Å². The summed E-state index contributed by atoms with van der Waals surface area (Å²) in [5, 5.41) is 3.37. The SMILES string of the molecule is CCNCC1CC1CC. The van der Waals surface area contributed by atoms with Crippen LogP contribution in [0.5, 0.6) is 0 Å². The van der Waals surface area contributed by atoms with Crippen molar-refractivity contribution in [2.24, 2.45) is 11.8 Å². The van der Waals surface area contributed by atoms with Crippen molar-refractivity contribution in [1.29, 1.82) is 0 Å². The van der Waals surface area contributed by atoms with Crippen LogP contribution >= 0.6 is 0 Å². The summed E-state index contributed by atoms with van der Waals surface area (Å²) in [7, 11) is 0. The summed E-state index contributed by atoms with van der Waals surface area (Å²) in [5.41, 5.74) is 0. The van der Waals surface area contributed by atoms with Gasteiger partial charge in [-0.2, -0.15) is 0 Å². The number of hydrogen-bond donors (Lipinski definition) is 1. The first kappa shape index (κ1) is 7.07. The van der Waals surface area contributed by atoms with Gasteiger partial charge < -0.3 is 5.32 Å². The van der Waals surface area contributed by atoms with Crippen LogP contribution in [0.15, 0.2) is 0 Å². The van der Waals surface area contributed by atoms with Gasteiger partial charge in [-0.3, -0.25) is 0 Å². The van der Waals surface area contributed by atoms with Crippen molar-refractivity contribution in [3.05, 3.63) is 0 Å². The molecule has 0 heterocycles. The van der Waals surface area contributed by atoms with Crippen LogP contribution in [-0.4, -0.2) is 13.1 Å². The van der Waals surface area contributed by atoms with Gasteiger partial charge in [0.2, 0.25) is 0 Å². The summed E-state index contributed by atoms with van der Waals surface area (Å²) in [6.07, 6.45) is 2.86. The van der Waals surface area contributed by atoms with Crippen LogP contribution in [0.3, 0.4) is 0 Å². The van der Waals surface area contributed by atoms with Crippen LogP contribution in [0, 0.1) is 11.8 Å². The minimum atomic E-state index is 1.02. The number of nitrogens with one attached hydrogen (secondary N) is 1. The fraction of sp³-hybridized carbons (Fsp3) is 1.00. The van der Waals surface area contributed by atoms with Crippen molar-refractivity contribution in [1.82, 2.24) is 5.32 Å². The van der Waals surface area contributed by atoms with E-state index in [-0.39, 0.29) is 0 Å². The largest absolute Gasteiger partial charge is 0.317 e. The molecule has 0 aromatic heterocycles. The minimum Gasteiger partial charge on any atom is -0.317 e. The maximum atomic E-state index is 3.37. The molecule has 0 radical (unpaired) electrons. The van der Waals surface area contributed by atoms with Crippen molar-refractivity contribution in [3.8, 4) is 0 Å². The quantitative estimate of drug-likeness (QED) is 0.605. The second-order valence-corrected chi connectivity index (χ2v) is 2.97. The zero-order valence-corrected chi connectivity index (χ0v) is 6.48. The molecule has 1 rings (SSSR count). The van der Waals surface area contributed by atoms with Gasteiger partial charge in [0.05, 0.1) is 0 Å². The lowest BCUT2D eigenvalue weighted by molar-refractivity contribution is 0.605. The molecule has 9 heavy (non-hydrogen) atoms. The fourth-order valence-corrected chi connectivity index (χ4v) is 1.39. The van der Waals surface area contributed by atoms with Gasteiger partial charge in [-0.05, 0) is 31.3 Å². The summed E-state index contributed by atoms with van der Waals surface area (Å²) in [4.78, 5) is 0. The lowest BCUT2D eigenvalue weighted by Gasteiger charge is -1.97. The Kier molecular flexibility index (Phi) is 2.52. The fourth-order valence-electron chi connectivity index (χ4n) is 1.39. The van der Waals surface area contributed by atoms with Crippen LogP contribution in [-0.2, 0) is 0 Å². The third-order valence-electron chi connectivity index (χ3n) is 2.25. The van der Waals surface area contributed by atoms with E-state index in [0.29, 0.717) is 0 Å². The molecule has 0 spiro atoms. The normalized spacial score (nSPS) is 32.7. The monoisotopic (exact) mass is 127 g/mol. The molecule has 2 atom stereocenters. The Balaban J connectivity index is 1.92. The molecular formula is C8H17N. The summed E-state index contributed by atoms with van der Waals surface area (Å²) in [6, 6.07) is 0. The molecule has 0 aromatic rings. The highest BCUT2D eigenvalue weighted by Gasteiger charge is 2.33. The van der Waals surface area contributed by atoms with Crippen molar-refractivity contribution in [2.75, 3.05) is 13.1 Å². The topological polar surface area (TPSA) is 12.0 Å². The smallest absolute Gasteiger partial charge is 0.00179 e. The van der Waals surface area contributed by atoms with Crippen molar-refractivity contribution in [3.63, 3.8) is 0 Å². The Morgan fingerprint density at radius 2 is 2.11 bits per heavy atom. The van der Waals surface area contributed by atoms with E-state index in [1.807, 2.05) is 0 Å². The summed E-state index contributed by atoms with van der Waals surface area (Å²) in [6.45, 7) is 6.85. The van der Waals surface area contributed by atoms with Crippen molar-refractivity contribution >= 4 is 0 Å². The summed E-state index contributed by atoms with van der Waals surface area (Å²) in [5.74, 6) is 2.08. The van der Waals surface area contributed by atoms with Gasteiger partial charge in [-0.15, -0.1) is 0 Å². The zero-order chi connectivity index (χ0) is 6.69. The Hall–Kier alpha value is -0.0400. The van der Waals surface area contributed by atoms with E-state index in [1.54, 1.807) is 0 Å². The van der Waals surface area contributed by atoms with E-state index < -0.39 is 0 Å². The molecule has 1 N–H and O–H groups in total. The van der Waals surface area contributed by atoms with Gasteiger partial charge in [0.1, 0.15) is 0 Å². The molecule has 1 saturated carbocycles. The van der Waals surface area contributed by atoms with Gasteiger partial charge in [-0.1, -0.05) is 20.3 Å². The van der Waals surface area contributed by atoms with E-state index in [4.69, 9.17) is 0 Å². The third kappa shape index (κ3) is 1.98. The van der Waals surface area contributed by atoms with Crippen LogP contribution in [0.4, 0.5) is 0 Å². The number of rotatable bonds is 4. The van der Waals surface area contributed by atoms with Crippen LogP contribution in [0.25, 0.3) is 0 Å². The van der Waals surface area contributed by atoms with Gasteiger partial charge >= 0.3 is 0 Å². The standard InChI is InChI=1S/C8H17N/c1-3-7-5-8(7)6-9-4-2/h7-9H,3-6H2,1-2H3. The molecule has 0 bridgehead atoms. The zero-order valence-electron chi connectivity index (χ0n) is 6.48. The maximum absolute atomic E-state index is 3.37. The first-order chi connectivity index (χ1) is 4.38. The van der Waals surface area contributed by atoms with Crippen molar-refractivity contribution in [2.45, 2.75) is 26.7 Å². The summed E-state index contributed by atoms with van der Waals surface area (Å²) >= 11 is 0. The Morgan fingerprint density at radius 3 is 2.56 bits per heavy atom. The van der Waals surface area contributed by atoms with Gasteiger partial charge in [-0.25, -0.2) is 0 Å². The molecular weight excluding hydrogens is 110 g/mol. The van der Waals surface area contributed by atoms with Crippen LogP contribution in [0.1, 0.15) is 26.7 Å². The third-order valence-corrected chi connectivity index (χ3v) is 2.25. The van der Waals surface area contributed by atoms with Gasteiger partial charge in [0.15, 0.2) is 0 Å². The first-order valence-corrected chi connectivity index (χ1v) is 4.09. The predicted molar refractivity (Wildman–Crippen MR) is 40.4 cm³/mol. The molecule has 0 aliphatic heterocycles. The number of hydrogen-bond acceptors (Lipinski definition) is 1. The highest BCUT2D eigenvalue weighted by atomic mass is 14.9. The lowest BCUT2D eigenvalue weighted by atomic mass is 10.2. The van der Waals surface area contributed by atoms with E-state index in [9.17, 15) is 0 Å². The van der Waals surface area contributed by atoms with Crippen LogP contribution < -0.4 is 5.32 Å². The highest BCUT2D eigenvalue weighted by molar-refractivity contribution is 4.86. The molecule has 54 valence electrons. The second kappa shape index (κ2) is 3.21. The highest BCUT2D eigenvalue weighted by Crippen LogP contribution is 2.40. The lowest BCUT2D eigenvalue weighted by Crippen LogP contribution is -2.16. The second-order valence-electron chi connectivity index (χ2n) is 2.97. The van der Waals surface area contributed by atoms with E-state index in [0.717, 1.165) is 18.4 Å². The average molecular weight is 127 g/mol. The molecule has 0 amide bonds. The molecule has 1 aliphatic carbocycles. The van der Waals surface area contributed by atoms with Crippen LogP contribution in [0.2, 0.25) is 0 Å². The minimum absolute atomic E-state index is 1.02.